The Bertz CT molecular complexity index is 160. The molecule has 0 fully saturated rings. The first-order valence-electron chi connectivity index (χ1n) is 3.98. The van der Waals surface area contributed by atoms with E-state index in [1.54, 1.807) is 0 Å². The van der Waals surface area contributed by atoms with Crippen molar-refractivity contribution in [1.29, 1.82) is 0 Å². The molecule has 0 amide bonds. The first-order chi connectivity index (χ1) is 5.77. The van der Waals surface area contributed by atoms with Crippen LogP contribution in [0.3, 0.4) is 0 Å². The van der Waals surface area contributed by atoms with Crippen LogP contribution in [0.2, 0.25) is 0 Å². The largest absolute Gasteiger partial charge is 0.394 e. The van der Waals surface area contributed by atoms with Crippen molar-refractivity contribution >= 4 is 15.9 Å². The molecular weight excluding hydrogens is 224 g/mol. The smallest absolute Gasteiger partial charge is 0.177 e. The van der Waals surface area contributed by atoms with Gasteiger partial charge in [-0.3, -0.25) is 0 Å². The van der Waals surface area contributed by atoms with E-state index in [1.807, 2.05) is 19.1 Å². The molecule has 12 heavy (non-hydrogen) atoms. The number of halogens is 1. The van der Waals surface area contributed by atoms with E-state index in [1.165, 1.54) is 0 Å². The lowest BCUT2D eigenvalue weighted by Crippen LogP contribution is -2.35. The monoisotopic (exact) mass is 236 g/mol. The summed E-state index contributed by atoms with van der Waals surface area (Å²) in [6.07, 6.45) is 3.27. The van der Waals surface area contributed by atoms with Gasteiger partial charge in [-0.25, -0.2) is 0 Å². The van der Waals surface area contributed by atoms with Gasteiger partial charge in [0.1, 0.15) is 0 Å². The summed E-state index contributed by atoms with van der Waals surface area (Å²) in [5.74, 6) is 0. The maximum Gasteiger partial charge on any atom is 0.177 e. The molecule has 0 aromatic rings. The predicted molar refractivity (Wildman–Crippen MR) is 49.2 cm³/mol. The van der Waals surface area contributed by atoms with Gasteiger partial charge < -0.3 is 14.6 Å². The number of hydrogen-bond donors (Lipinski definition) is 1. The summed E-state index contributed by atoms with van der Waals surface area (Å²) in [5, 5.41) is 8.90. The molecule has 0 bridgehead atoms. The van der Waals surface area contributed by atoms with Crippen molar-refractivity contribution in [2.75, 3.05) is 13.2 Å². The van der Waals surface area contributed by atoms with Gasteiger partial charge in [-0.15, -0.1) is 0 Å². The summed E-state index contributed by atoms with van der Waals surface area (Å²) in [7, 11) is 0. The second-order valence-corrected chi connectivity index (χ2v) is 3.57. The molecule has 0 aromatic carbocycles. The SMILES string of the molecule is CCOC1C=CC(Br)C(CO)O1. The van der Waals surface area contributed by atoms with Crippen LogP contribution < -0.4 is 0 Å². The van der Waals surface area contributed by atoms with E-state index in [-0.39, 0.29) is 23.8 Å². The van der Waals surface area contributed by atoms with Gasteiger partial charge in [-0.1, -0.05) is 22.0 Å². The zero-order valence-electron chi connectivity index (χ0n) is 6.94. The van der Waals surface area contributed by atoms with Gasteiger partial charge in [-0.2, -0.15) is 0 Å². The van der Waals surface area contributed by atoms with Crippen molar-refractivity contribution in [3.8, 4) is 0 Å². The van der Waals surface area contributed by atoms with Crippen LogP contribution in [0.15, 0.2) is 12.2 Å². The number of aliphatic hydroxyl groups is 1. The fourth-order valence-electron chi connectivity index (χ4n) is 1.02. The van der Waals surface area contributed by atoms with Crippen LogP contribution >= 0.6 is 15.9 Å². The minimum absolute atomic E-state index is 0.00380. The Morgan fingerprint density at radius 3 is 2.92 bits per heavy atom. The van der Waals surface area contributed by atoms with Crippen LogP contribution in [-0.2, 0) is 9.47 Å². The molecule has 1 aliphatic heterocycles. The van der Waals surface area contributed by atoms with Crippen molar-refractivity contribution in [3.05, 3.63) is 12.2 Å². The third-order valence-electron chi connectivity index (χ3n) is 1.63. The first kappa shape index (κ1) is 10.2. The molecule has 1 rings (SSSR count). The van der Waals surface area contributed by atoms with Crippen molar-refractivity contribution in [1.82, 2.24) is 0 Å². The summed E-state index contributed by atoms with van der Waals surface area (Å²) in [4.78, 5) is 0.0826. The highest BCUT2D eigenvalue weighted by atomic mass is 79.9. The van der Waals surface area contributed by atoms with Crippen molar-refractivity contribution in [2.45, 2.75) is 24.1 Å². The van der Waals surface area contributed by atoms with E-state index >= 15 is 0 Å². The molecule has 0 saturated heterocycles. The van der Waals surface area contributed by atoms with Gasteiger partial charge in [0.25, 0.3) is 0 Å². The van der Waals surface area contributed by atoms with Crippen LogP contribution in [0.4, 0.5) is 0 Å². The maximum atomic E-state index is 8.90. The molecule has 1 aliphatic rings. The Morgan fingerprint density at radius 2 is 2.33 bits per heavy atom. The average molecular weight is 237 g/mol. The minimum atomic E-state index is -0.305. The average Bonchev–Trinajstić information content (AvgIpc) is 2.09. The van der Waals surface area contributed by atoms with Gasteiger partial charge in [0.15, 0.2) is 6.29 Å². The molecule has 70 valence electrons. The third kappa shape index (κ3) is 2.55. The van der Waals surface area contributed by atoms with Gasteiger partial charge in [0.05, 0.1) is 17.5 Å². The molecule has 3 atom stereocenters. The highest BCUT2D eigenvalue weighted by Crippen LogP contribution is 2.19. The number of aliphatic hydroxyl groups excluding tert-OH is 1. The molecule has 0 radical (unpaired) electrons. The maximum absolute atomic E-state index is 8.90. The van der Waals surface area contributed by atoms with E-state index in [0.717, 1.165) is 0 Å². The Hall–Kier alpha value is 0.1000. The summed E-state index contributed by atoms with van der Waals surface area (Å²) in [6.45, 7) is 2.52. The van der Waals surface area contributed by atoms with Crippen molar-refractivity contribution < 1.29 is 14.6 Å². The summed E-state index contributed by atoms with van der Waals surface area (Å²) >= 11 is 3.37. The van der Waals surface area contributed by atoms with E-state index in [2.05, 4.69) is 15.9 Å². The topological polar surface area (TPSA) is 38.7 Å². The number of hydrogen-bond acceptors (Lipinski definition) is 3. The molecule has 0 aromatic heterocycles. The summed E-state index contributed by atoms with van der Waals surface area (Å²) in [5.41, 5.74) is 0. The minimum Gasteiger partial charge on any atom is -0.394 e. The van der Waals surface area contributed by atoms with Crippen LogP contribution in [0.5, 0.6) is 0 Å². The van der Waals surface area contributed by atoms with E-state index < -0.39 is 0 Å². The number of ether oxygens (including phenoxy) is 2. The second-order valence-electron chi connectivity index (χ2n) is 2.51. The molecule has 3 unspecified atom stereocenters. The summed E-state index contributed by atoms with van der Waals surface area (Å²) in [6, 6.07) is 0. The number of rotatable bonds is 3. The third-order valence-corrected chi connectivity index (χ3v) is 2.52. The standard InChI is InChI=1S/C8H13BrO3/c1-2-11-8-4-3-6(9)7(5-10)12-8/h3-4,6-8,10H,2,5H2,1H3. The zero-order chi connectivity index (χ0) is 8.97. The molecule has 4 heteroatoms. The normalized spacial score (nSPS) is 35.4. The quantitative estimate of drug-likeness (QED) is 0.589. The van der Waals surface area contributed by atoms with Gasteiger partial charge in [0, 0.05) is 6.61 Å². The van der Waals surface area contributed by atoms with Gasteiger partial charge in [-0.05, 0) is 13.0 Å². The fourth-order valence-corrected chi connectivity index (χ4v) is 1.48. The lowest BCUT2D eigenvalue weighted by Gasteiger charge is -2.27. The predicted octanol–water partition coefficient (Wildman–Crippen LogP) is 1.06. The Balaban J connectivity index is 2.46. The Labute approximate surface area is 80.5 Å². The van der Waals surface area contributed by atoms with Crippen LogP contribution in [0, 0.1) is 0 Å². The molecule has 1 heterocycles. The molecule has 0 spiro atoms. The number of alkyl halides is 1. The van der Waals surface area contributed by atoms with Crippen molar-refractivity contribution in [3.63, 3.8) is 0 Å². The van der Waals surface area contributed by atoms with Crippen LogP contribution in [-0.4, -0.2) is 35.5 Å². The lowest BCUT2D eigenvalue weighted by atomic mass is 10.2. The second kappa shape index (κ2) is 4.97. The van der Waals surface area contributed by atoms with E-state index in [9.17, 15) is 0 Å². The lowest BCUT2D eigenvalue weighted by molar-refractivity contribution is -0.151. The van der Waals surface area contributed by atoms with Crippen LogP contribution in [0.25, 0.3) is 0 Å². The Morgan fingerprint density at radius 1 is 1.58 bits per heavy atom. The van der Waals surface area contributed by atoms with E-state index in [4.69, 9.17) is 14.6 Å². The molecule has 0 aliphatic carbocycles. The molecular formula is C8H13BrO3. The molecule has 3 nitrogen and oxygen atoms in total. The zero-order valence-corrected chi connectivity index (χ0v) is 8.53. The van der Waals surface area contributed by atoms with Crippen molar-refractivity contribution in [2.24, 2.45) is 0 Å². The fraction of sp³-hybridized carbons (Fsp3) is 0.750. The Kier molecular flexibility index (Phi) is 4.21. The van der Waals surface area contributed by atoms with Gasteiger partial charge >= 0.3 is 0 Å². The summed E-state index contributed by atoms with van der Waals surface area (Å²) < 4.78 is 10.6. The van der Waals surface area contributed by atoms with Gasteiger partial charge in [0.2, 0.25) is 0 Å². The molecule has 1 N–H and O–H groups in total. The molecule has 0 saturated carbocycles. The highest BCUT2D eigenvalue weighted by molar-refractivity contribution is 9.09. The highest BCUT2D eigenvalue weighted by Gasteiger charge is 2.24. The van der Waals surface area contributed by atoms with E-state index in [0.29, 0.717) is 6.61 Å². The first-order valence-corrected chi connectivity index (χ1v) is 4.89. The van der Waals surface area contributed by atoms with Crippen LogP contribution in [0.1, 0.15) is 6.92 Å².